The Labute approximate surface area is 149 Å². The Bertz CT molecular complexity index is 702. The van der Waals surface area contributed by atoms with E-state index in [1.807, 2.05) is 13.0 Å². The van der Waals surface area contributed by atoms with Crippen LogP contribution in [-0.2, 0) is 13.1 Å². The lowest BCUT2D eigenvalue weighted by molar-refractivity contribution is 0.00353. The molecule has 0 aliphatic heterocycles. The number of aliphatic hydroxyl groups is 1. The zero-order valence-corrected chi connectivity index (χ0v) is 15.1. The van der Waals surface area contributed by atoms with Crippen molar-refractivity contribution in [3.8, 4) is 0 Å². The number of benzene rings is 1. The van der Waals surface area contributed by atoms with Crippen LogP contribution in [0.5, 0.6) is 0 Å². The predicted octanol–water partition coefficient (Wildman–Crippen LogP) is 3.23. The largest absolute Gasteiger partial charge is 0.389 e. The Kier molecular flexibility index (Phi) is 4.61. The van der Waals surface area contributed by atoms with Crippen LogP contribution in [0.25, 0.3) is 0 Å². The first-order valence-electron chi connectivity index (χ1n) is 9.52. The fourth-order valence-corrected chi connectivity index (χ4v) is 4.15. The smallest absolute Gasteiger partial charge is 0.147 e. The topological polar surface area (TPSA) is 54.2 Å². The van der Waals surface area contributed by atoms with Crippen molar-refractivity contribution in [2.75, 3.05) is 6.54 Å². The minimum absolute atomic E-state index is 0.547. The maximum Gasteiger partial charge on any atom is 0.147 e. The van der Waals surface area contributed by atoms with Crippen LogP contribution >= 0.6 is 0 Å². The molecule has 2 aliphatic carbocycles. The summed E-state index contributed by atoms with van der Waals surface area (Å²) >= 11 is 0. The number of aryl methyl sites for hydroxylation is 1. The Morgan fingerprint density at radius 2 is 1.84 bits per heavy atom. The minimum Gasteiger partial charge on any atom is -0.389 e. The van der Waals surface area contributed by atoms with E-state index in [9.17, 15) is 5.11 Å². The van der Waals surface area contributed by atoms with Gasteiger partial charge < -0.3 is 9.67 Å². The van der Waals surface area contributed by atoms with Crippen molar-refractivity contribution in [2.24, 2.45) is 0 Å². The van der Waals surface area contributed by atoms with E-state index in [1.165, 1.54) is 18.4 Å². The molecule has 0 atom stereocenters. The molecule has 0 radical (unpaired) electrons. The fraction of sp³-hybridized carbons (Fsp3) is 0.600. The first-order chi connectivity index (χ1) is 12.1. The second-order valence-electron chi connectivity index (χ2n) is 7.83. The molecule has 2 saturated carbocycles. The first-order valence-corrected chi connectivity index (χ1v) is 9.52. The highest BCUT2D eigenvalue weighted by atomic mass is 16.3. The van der Waals surface area contributed by atoms with Gasteiger partial charge in [0.25, 0.3) is 0 Å². The fourth-order valence-electron chi connectivity index (χ4n) is 4.15. The molecular weight excluding hydrogens is 312 g/mol. The molecule has 4 rings (SSSR count). The van der Waals surface area contributed by atoms with E-state index in [0.717, 1.165) is 50.4 Å². The lowest BCUT2D eigenvalue weighted by atomic mass is 10.0. The zero-order valence-electron chi connectivity index (χ0n) is 15.1. The van der Waals surface area contributed by atoms with Crippen molar-refractivity contribution in [3.63, 3.8) is 0 Å². The van der Waals surface area contributed by atoms with Crippen LogP contribution in [0.4, 0.5) is 0 Å². The molecule has 0 spiro atoms. The predicted molar refractivity (Wildman–Crippen MR) is 97.0 cm³/mol. The summed E-state index contributed by atoms with van der Waals surface area (Å²) in [5, 5.41) is 19.7. The maximum atomic E-state index is 10.9. The Morgan fingerprint density at radius 3 is 2.52 bits per heavy atom. The molecule has 1 heterocycles. The van der Waals surface area contributed by atoms with Gasteiger partial charge in [-0.25, -0.2) is 0 Å². The summed E-state index contributed by atoms with van der Waals surface area (Å²) in [6, 6.07) is 11.1. The molecule has 0 amide bonds. The summed E-state index contributed by atoms with van der Waals surface area (Å²) in [4.78, 5) is 2.35. The summed E-state index contributed by atoms with van der Waals surface area (Å²) in [6.45, 7) is 4.33. The minimum atomic E-state index is -0.547. The number of aromatic nitrogens is 3. The summed E-state index contributed by atoms with van der Waals surface area (Å²) in [5.74, 6) is 2.05. The number of hydrogen-bond acceptors (Lipinski definition) is 4. The van der Waals surface area contributed by atoms with Gasteiger partial charge in [-0.15, -0.1) is 10.2 Å². The Balaban J connectivity index is 1.54. The van der Waals surface area contributed by atoms with Crippen LogP contribution in [0, 0.1) is 6.92 Å². The van der Waals surface area contributed by atoms with E-state index in [-0.39, 0.29) is 0 Å². The zero-order chi connectivity index (χ0) is 17.3. The van der Waals surface area contributed by atoms with Crippen molar-refractivity contribution in [3.05, 3.63) is 47.5 Å². The van der Waals surface area contributed by atoms with Gasteiger partial charge in [-0.05, 0) is 38.2 Å². The standard InChI is InChI=1S/C20H28N4O/c1-16-21-22-19(24(16)18-9-10-18)14-23(13-17-7-3-2-4-8-17)15-20(25)11-5-6-12-20/h2-4,7-8,18,25H,5-6,9-15H2,1H3. The number of nitrogens with zero attached hydrogens (tertiary/aromatic N) is 4. The summed E-state index contributed by atoms with van der Waals surface area (Å²) < 4.78 is 2.30. The molecule has 2 aromatic rings. The van der Waals surface area contributed by atoms with E-state index in [0.29, 0.717) is 12.6 Å². The van der Waals surface area contributed by atoms with Gasteiger partial charge in [-0.1, -0.05) is 43.2 Å². The van der Waals surface area contributed by atoms with Crippen LogP contribution in [0.3, 0.4) is 0 Å². The van der Waals surface area contributed by atoms with E-state index < -0.39 is 5.60 Å². The van der Waals surface area contributed by atoms with Gasteiger partial charge in [0.05, 0.1) is 12.1 Å². The highest BCUT2D eigenvalue weighted by Crippen LogP contribution is 2.37. The van der Waals surface area contributed by atoms with Gasteiger partial charge in [0.2, 0.25) is 0 Å². The lowest BCUT2D eigenvalue weighted by Crippen LogP contribution is -2.41. The number of hydrogen-bond donors (Lipinski definition) is 1. The normalized spacial score (nSPS) is 19.6. The van der Waals surface area contributed by atoms with Crippen molar-refractivity contribution in [2.45, 2.75) is 70.2 Å². The van der Waals surface area contributed by atoms with Crippen LogP contribution in [0.15, 0.2) is 30.3 Å². The second-order valence-corrected chi connectivity index (χ2v) is 7.83. The van der Waals surface area contributed by atoms with Crippen molar-refractivity contribution in [1.29, 1.82) is 0 Å². The van der Waals surface area contributed by atoms with Gasteiger partial charge >= 0.3 is 0 Å². The molecule has 5 nitrogen and oxygen atoms in total. The molecular formula is C20H28N4O. The molecule has 1 aromatic heterocycles. The van der Waals surface area contributed by atoms with Gasteiger partial charge in [0.15, 0.2) is 0 Å². The molecule has 0 saturated heterocycles. The van der Waals surface area contributed by atoms with Gasteiger partial charge in [0.1, 0.15) is 11.6 Å². The highest BCUT2D eigenvalue weighted by Gasteiger charge is 2.34. The van der Waals surface area contributed by atoms with E-state index >= 15 is 0 Å². The third-order valence-corrected chi connectivity index (χ3v) is 5.52. The van der Waals surface area contributed by atoms with Crippen LogP contribution in [0.1, 0.15) is 61.8 Å². The third kappa shape index (κ3) is 3.93. The molecule has 25 heavy (non-hydrogen) atoms. The van der Waals surface area contributed by atoms with E-state index in [4.69, 9.17) is 0 Å². The first kappa shape index (κ1) is 16.7. The van der Waals surface area contributed by atoms with Crippen molar-refractivity contribution in [1.82, 2.24) is 19.7 Å². The third-order valence-electron chi connectivity index (χ3n) is 5.52. The van der Waals surface area contributed by atoms with Crippen molar-refractivity contribution < 1.29 is 5.11 Å². The molecule has 2 fully saturated rings. The highest BCUT2D eigenvalue weighted by molar-refractivity contribution is 5.15. The number of rotatable bonds is 7. The summed E-state index contributed by atoms with van der Waals surface area (Å²) in [5.41, 5.74) is 0.729. The molecule has 1 N–H and O–H groups in total. The maximum absolute atomic E-state index is 10.9. The molecule has 5 heteroatoms. The van der Waals surface area contributed by atoms with Gasteiger partial charge in [-0.2, -0.15) is 0 Å². The molecule has 0 bridgehead atoms. The average Bonchev–Trinajstić information content (AvgIpc) is 3.24. The molecule has 134 valence electrons. The van der Waals surface area contributed by atoms with E-state index in [2.05, 4.69) is 43.9 Å². The van der Waals surface area contributed by atoms with Crippen LogP contribution < -0.4 is 0 Å². The molecule has 0 unspecified atom stereocenters. The summed E-state index contributed by atoms with van der Waals surface area (Å²) in [7, 11) is 0. The monoisotopic (exact) mass is 340 g/mol. The van der Waals surface area contributed by atoms with E-state index in [1.54, 1.807) is 0 Å². The van der Waals surface area contributed by atoms with Crippen molar-refractivity contribution >= 4 is 0 Å². The lowest BCUT2D eigenvalue weighted by Gasteiger charge is -2.31. The quantitative estimate of drug-likeness (QED) is 0.841. The SMILES string of the molecule is Cc1nnc(CN(Cc2ccccc2)CC2(O)CCCC2)n1C1CC1. The van der Waals surface area contributed by atoms with Gasteiger partial charge in [0, 0.05) is 19.1 Å². The molecule has 2 aliphatic rings. The van der Waals surface area contributed by atoms with Crippen LogP contribution in [0.2, 0.25) is 0 Å². The van der Waals surface area contributed by atoms with Crippen LogP contribution in [-0.4, -0.2) is 36.9 Å². The Hall–Kier alpha value is -1.72. The molecule has 1 aromatic carbocycles. The average molecular weight is 340 g/mol. The van der Waals surface area contributed by atoms with Gasteiger partial charge in [-0.3, -0.25) is 4.90 Å². The Morgan fingerprint density at radius 1 is 1.12 bits per heavy atom. The summed E-state index contributed by atoms with van der Waals surface area (Å²) in [6.07, 6.45) is 6.54. The second kappa shape index (κ2) is 6.89.